The number of ether oxygens (including phenoxy) is 1. The van der Waals surface area contributed by atoms with Gasteiger partial charge >= 0.3 is 5.97 Å². The van der Waals surface area contributed by atoms with Gasteiger partial charge in [0.05, 0.1) is 0 Å². The van der Waals surface area contributed by atoms with Crippen LogP contribution in [0.3, 0.4) is 0 Å². The Hall–Kier alpha value is -2.83. The molecule has 112 valence electrons. The van der Waals surface area contributed by atoms with E-state index in [0.717, 1.165) is 17.2 Å². The van der Waals surface area contributed by atoms with E-state index in [1.54, 1.807) is 6.07 Å². The van der Waals surface area contributed by atoms with Gasteiger partial charge in [0.15, 0.2) is 6.61 Å². The summed E-state index contributed by atoms with van der Waals surface area (Å²) in [7, 11) is 0. The summed E-state index contributed by atoms with van der Waals surface area (Å²) in [5.74, 6) is -1.99. The number of carbonyl (C=O) groups is 3. The van der Waals surface area contributed by atoms with Crippen molar-refractivity contribution in [2.75, 3.05) is 6.61 Å². The minimum absolute atomic E-state index is 0.271. The molecule has 0 saturated heterocycles. The number of rotatable bonds is 5. The average Bonchev–Trinajstić information content (AvgIpc) is 2.41. The summed E-state index contributed by atoms with van der Waals surface area (Å²) in [5.41, 5.74) is 6.11. The summed E-state index contributed by atoms with van der Waals surface area (Å²) >= 11 is 0. The molecule has 1 rings (SSSR count). The summed E-state index contributed by atoms with van der Waals surface area (Å²) in [4.78, 5) is 32.7. The van der Waals surface area contributed by atoms with Crippen molar-refractivity contribution in [2.45, 2.75) is 13.8 Å². The molecule has 0 aliphatic rings. The zero-order chi connectivity index (χ0) is 15.8. The van der Waals surface area contributed by atoms with Crippen molar-refractivity contribution in [3.63, 3.8) is 0 Å². The highest BCUT2D eigenvalue weighted by Crippen LogP contribution is 2.18. The largest absolute Gasteiger partial charge is 0.483 e. The van der Waals surface area contributed by atoms with E-state index in [2.05, 4.69) is 5.43 Å². The van der Waals surface area contributed by atoms with E-state index in [0.29, 0.717) is 11.8 Å². The first kappa shape index (κ1) is 16.2. The van der Waals surface area contributed by atoms with Gasteiger partial charge in [0.1, 0.15) is 5.75 Å². The first-order valence-electron chi connectivity index (χ1n) is 6.08. The molecule has 0 heterocycles. The van der Waals surface area contributed by atoms with Crippen molar-refractivity contribution < 1.29 is 24.2 Å². The molecule has 0 bridgehead atoms. The monoisotopic (exact) mass is 292 g/mol. The number of amides is 2. The van der Waals surface area contributed by atoms with Crippen molar-refractivity contribution in [1.29, 1.82) is 0 Å². The number of carboxylic acids is 1. The lowest BCUT2D eigenvalue weighted by molar-refractivity contribution is -0.131. The van der Waals surface area contributed by atoms with Gasteiger partial charge in [0, 0.05) is 12.2 Å². The summed E-state index contributed by atoms with van der Waals surface area (Å²) in [6, 6.07) is 5.54. The van der Waals surface area contributed by atoms with Crippen LogP contribution in [0, 0.1) is 13.8 Å². The minimum atomic E-state index is -1.25. The molecule has 0 saturated carbocycles. The first-order chi connectivity index (χ1) is 9.88. The fourth-order valence-corrected chi connectivity index (χ4v) is 1.46. The summed E-state index contributed by atoms with van der Waals surface area (Å²) < 4.78 is 5.31. The predicted octanol–water partition coefficient (Wildman–Crippen LogP) is 0.470. The number of carboxylic acid groups (broad SMARTS) is 1. The zero-order valence-corrected chi connectivity index (χ0v) is 11.7. The Bertz CT molecular complexity index is 581. The molecule has 7 nitrogen and oxygen atoms in total. The van der Waals surface area contributed by atoms with E-state index < -0.39 is 17.8 Å². The second-order valence-corrected chi connectivity index (χ2v) is 4.27. The number of nitrogens with one attached hydrogen (secondary N) is 2. The minimum Gasteiger partial charge on any atom is -0.483 e. The van der Waals surface area contributed by atoms with Gasteiger partial charge in [-0.1, -0.05) is 17.7 Å². The van der Waals surface area contributed by atoms with Gasteiger partial charge in [-0.25, -0.2) is 4.79 Å². The summed E-state index contributed by atoms with van der Waals surface area (Å²) in [5, 5.41) is 8.32. The van der Waals surface area contributed by atoms with Crippen molar-refractivity contribution in [3.05, 3.63) is 41.5 Å². The molecule has 0 atom stereocenters. The predicted molar refractivity (Wildman–Crippen MR) is 74.5 cm³/mol. The van der Waals surface area contributed by atoms with Crippen LogP contribution < -0.4 is 15.6 Å². The van der Waals surface area contributed by atoms with Gasteiger partial charge in [0.2, 0.25) is 0 Å². The van der Waals surface area contributed by atoms with Crippen molar-refractivity contribution in [1.82, 2.24) is 10.9 Å². The number of hydrogen-bond acceptors (Lipinski definition) is 4. The van der Waals surface area contributed by atoms with Crippen LogP contribution in [0.2, 0.25) is 0 Å². The van der Waals surface area contributed by atoms with Crippen molar-refractivity contribution in [3.8, 4) is 5.75 Å². The topological polar surface area (TPSA) is 105 Å². The Morgan fingerprint density at radius 3 is 2.52 bits per heavy atom. The maximum atomic E-state index is 11.4. The molecule has 1 aromatic carbocycles. The normalized spacial score (nSPS) is 10.2. The molecule has 21 heavy (non-hydrogen) atoms. The van der Waals surface area contributed by atoms with Gasteiger partial charge in [-0.15, -0.1) is 0 Å². The van der Waals surface area contributed by atoms with E-state index in [1.165, 1.54) is 0 Å². The average molecular weight is 292 g/mol. The van der Waals surface area contributed by atoms with E-state index in [4.69, 9.17) is 9.84 Å². The number of aliphatic carboxylic acids is 1. The maximum Gasteiger partial charge on any atom is 0.328 e. The highest BCUT2D eigenvalue weighted by atomic mass is 16.5. The third kappa shape index (κ3) is 6.24. The van der Waals surface area contributed by atoms with E-state index >= 15 is 0 Å². The zero-order valence-electron chi connectivity index (χ0n) is 11.7. The Labute approximate surface area is 121 Å². The lowest BCUT2D eigenvalue weighted by Gasteiger charge is -2.10. The molecule has 1 aromatic rings. The molecule has 0 spiro atoms. The summed E-state index contributed by atoms with van der Waals surface area (Å²) in [6.07, 6.45) is 1.45. The number of hydrogen-bond donors (Lipinski definition) is 3. The van der Waals surface area contributed by atoms with Crippen LogP contribution in [0.15, 0.2) is 30.4 Å². The van der Waals surface area contributed by atoms with Crippen LogP contribution in [0.4, 0.5) is 0 Å². The van der Waals surface area contributed by atoms with E-state index in [9.17, 15) is 14.4 Å². The maximum absolute atomic E-state index is 11.4. The Balaban J connectivity index is 2.37. The lowest BCUT2D eigenvalue weighted by atomic mass is 10.1. The van der Waals surface area contributed by atoms with Gasteiger partial charge in [0.25, 0.3) is 11.8 Å². The Morgan fingerprint density at radius 2 is 1.90 bits per heavy atom. The highest BCUT2D eigenvalue weighted by Gasteiger charge is 2.05. The van der Waals surface area contributed by atoms with Crippen LogP contribution in [0.1, 0.15) is 11.1 Å². The smallest absolute Gasteiger partial charge is 0.328 e. The molecule has 0 fully saturated rings. The van der Waals surface area contributed by atoms with Crippen molar-refractivity contribution in [2.24, 2.45) is 0 Å². The second-order valence-electron chi connectivity index (χ2n) is 4.27. The van der Waals surface area contributed by atoms with Gasteiger partial charge in [-0.05, 0) is 25.5 Å². The molecule has 0 aliphatic carbocycles. The number of aryl methyl sites for hydroxylation is 2. The molecule has 3 N–H and O–H groups in total. The van der Waals surface area contributed by atoms with Gasteiger partial charge in [-0.2, -0.15) is 0 Å². The highest BCUT2D eigenvalue weighted by molar-refractivity contribution is 5.94. The third-order valence-corrected chi connectivity index (χ3v) is 2.39. The third-order valence-electron chi connectivity index (χ3n) is 2.39. The quantitative estimate of drug-likeness (QED) is 0.540. The molecular weight excluding hydrogens is 276 g/mol. The van der Waals surface area contributed by atoms with Gasteiger partial charge < -0.3 is 9.84 Å². The molecule has 0 aliphatic heterocycles. The standard InChI is InChI=1S/C14H16N2O5/c1-9-3-4-11(10(2)7-9)21-8-13(18)16-15-12(17)5-6-14(19)20/h3-7H,8H2,1-2H3,(H,15,17)(H,16,18)(H,19,20). The molecule has 7 heteroatoms. The first-order valence-corrected chi connectivity index (χ1v) is 6.08. The van der Waals surface area contributed by atoms with Crippen molar-refractivity contribution >= 4 is 17.8 Å². The van der Waals surface area contributed by atoms with E-state index in [1.807, 2.05) is 31.4 Å². The van der Waals surface area contributed by atoms with Gasteiger partial charge in [-0.3, -0.25) is 20.4 Å². The van der Waals surface area contributed by atoms with Crippen LogP contribution in [0.5, 0.6) is 5.75 Å². The Morgan fingerprint density at radius 1 is 1.19 bits per heavy atom. The second kappa shape index (κ2) is 7.68. The Kier molecular flexibility index (Phi) is 5.94. The molecule has 2 amide bonds. The molecule has 0 unspecified atom stereocenters. The summed E-state index contributed by atoms with van der Waals surface area (Å²) in [6.45, 7) is 3.54. The molecular formula is C14H16N2O5. The number of hydrazine groups is 1. The molecule has 0 radical (unpaired) electrons. The van der Waals surface area contributed by atoms with Crippen LogP contribution >= 0.6 is 0 Å². The number of benzene rings is 1. The number of carbonyl (C=O) groups excluding carboxylic acids is 2. The van der Waals surface area contributed by atoms with Crippen LogP contribution in [0.25, 0.3) is 0 Å². The van der Waals surface area contributed by atoms with Crippen LogP contribution in [-0.4, -0.2) is 29.5 Å². The SMILES string of the molecule is Cc1ccc(OCC(=O)NNC(=O)C=CC(=O)O)c(C)c1. The van der Waals surface area contributed by atoms with E-state index in [-0.39, 0.29) is 6.61 Å². The fraction of sp³-hybridized carbons (Fsp3) is 0.214. The molecule has 0 aromatic heterocycles. The lowest BCUT2D eigenvalue weighted by Crippen LogP contribution is -2.43. The fourth-order valence-electron chi connectivity index (χ4n) is 1.46. The van der Waals surface area contributed by atoms with Crippen LogP contribution in [-0.2, 0) is 14.4 Å².